The average Bonchev–Trinajstić information content (AvgIpc) is 2.39. The van der Waals surface area contributed by atoms with Crippen LogP contribution >= 0.6 is 11.6 Å². The first-order valence-corrected chi connectivity index (χ1v) is 6.60. The molecule has 1 aliphatic rings. The summed E-state index contributed by atoms with van der Waals surface area (Å²) in [6, 6.07) is 3.83. The zero-order valence-corrected chi connectivity index (χ0v) is 12.4. The van der Waals surface area contributed by atoms with Crippen LogP contribution in [0.15, 0.2) is 12.1 Å². The zero-order valence-electron chi connectivity index (χ0n) is 11.6. The Balaban J connectivity index is 2.24. The van der Waals surface area contributed by atoms with E-state index in [1.54, 1.807) is 21.3 Å². The highest BCUT2D eigenvalue weighted by atomic mass is 35.5. The second-order valence-electron chi connectivity index (χ2n) is 4.61. The van der Waals surface area contributed by atoms with Gasteiger partial charge in [0.25, 0.3) is 0 Å². The van der Waals surface area contributed by atoms with Crippen LogP contribution in [0.1, 0.15) is 12.0 Å². The molecule has 1 aromatic rings. The summed E-state index contributed by atoms with van der Waals surface area (Å²) in [6.07, 6.45) is 0.579. The average molecular weight is 287 g/mol. The summed E-state index contributed by atoms with van der Waals surface area (Å²) in [5, 5.41) is -0.00237. The highest BCUT2D eigenvalue weighted by Gasteiger charge is 2.43. The van der Waals surface area contributed by atoms with Gasteiger partial charge in [0.2, 0.25) is 5.75 Å². The molecule has 0 bridgehead atoms. The van der Waals surface area contributed by atoms with Gasteiger partial charge in [0.15, 0.2) is 11.5 Å². The van der Waals surface area contributed by atoms with Gasteiger partial charge in [0.1, 0.15) is 12.2 Å². The van der Waals surface area contributed by atoms with Crippen LogP contribution in [0.3, 0.4) is 0 Å². The molecule has 19 heavy (non-hydrogen) atoms. The molecule has 3 unspecified atom stereocenters. The van der Waals surface area contributed by atoms with Crippen LogP contribution in [0.5, 0.6) is 17.2 Å². The Hall–Kier alpha value is -1.13. The summed E-state index contributed by atoms with van der Waals surface area (Å²) in [5.74, 6) is 1.92. The molecule has 0 aliphatic heterocycles. The summed E-state index contributed by atoms with van der Waals surface area (Å²) in [5.41, 5.74) is 1.05. The van der Waals surface area contributed by atoms with E-state index in [-0.39, 0.29) is 17.6 Å². The standard InChI is InChI=1S/C14H19ClO4/c1-8-5-10(16-2)14(11(6-8)17-3)19-12-7-9(15)13(12)18-4/h5-6,9,12-13H,7H2,1-4H3. The maximum Gasteiger partial charge on any atom is 0.203 e. The highest BCUT2D eigenvalue weighted by Crippen LogP contribution is 2.42. The smallest absolute Gasteiger partial charge is 0.203 e. The van der Waals surface area contributed by atoms with Gasteiger partial charge in [-0.1, -0.05) is 0 Å². The Labute approximate surface area is 118 Å². The van der Waals surface area contributed by atoms with E-state index in [2.05, 4.69) is 0 Å². The monoisotopic (exact) mass is 286 g/mol. The van der Waals surface area contributed by atoms with Crippen molar-refractivity contribution in [1.82, 2.24) is 0 Å². The predicted molar refractivity (Wildman–Crippen MR) is 73.8 cm³/mol. The molecule has 106 valence electrons. The van der Waals surface area contributed by atoms with E-state index in [0.29, 0.717) is 17.2 Å². The second-order valence-corrected chi connectivity index (χ2v) is 5.17. The number of rotatable bonds is 5. The molecule has 0 heterocycles. The van der Waals surface area contributed by atoms with Gasteiger partial charge in [0.05, 0.1) is 19.6 Å². The number of aryl methyl sites for hydroxylation is 1. The van der Waals surface area contributed by atoms with Gasteiger partial charge in [-0.05, 0) is 24.6 Å². The maximum atomic E-state index is 6.08. The minimum atomic E-state index is -0.0996. The van der Waals surface area contributed by atoms with E-state index in [4.69, 9.17) is 30.5 Å². The summed E-state index contributed by atoms with van der Waals surface area (Å²) in [6.45, 7) is 1.98. The van der Waals surface area contributed by atoms with Gasteiger partial charge in [-0.3, -0.25) is 0 Å². The number of methoxy groups -OCH3 is 3. The molecule has 0 radical (unpaired) electrons. The van der Waals surface area contributed by atoms with Crippen molar-refractivity contribution >= 4 is 11.6 Å². The first-order chi connectivity index (χ1) is 9.10. The summed E-state index contributed by atoms with van der Waals surface area (Å²) in [7, 11) is 4.86. The number of hydrogen-bond acceptors (Lipinski definition) is 4. The largest absolute Gasteiger partial charge is 0.493 e. The number of hydrogen-bond donors (Lipinski definition) is 0. The second kappa shape index (κ2) is 5.88. The van der Waals surface area contributed by atoms with E-state index in [9.17, 15) is 0 Å². The van der Waals surface area contributed by atoms with Gasteiger partial charge in [-0.15, -0.1) is 11.6 Å². The number of alkyl halides is 1. The van der Waals surface area contributed by atoms with Gasteiger partial charge in [-0.25, -0.2) is 0 Å². The Kier molecular flexibility index (Phi) is 4.42. The van der Waals surface area contributed by atoms with Gasteiger partial charge in [-0.2, -0.15) is 0 Å². The van der Waals surface area contributed by atoms with Crippen molar-refractivity contribution in [1.29, 1.82) is 0 Å². The Morgan fingerprint density at radius 1 is 1.11 bits per heavy atom. The van der Waals surface area contributed by atoms with E-state index in [0.717, 1.165) is 12.0 Å². The first kappa shape index (κ1) is 14.3. The Bertz CT molecular complexity index is 424. The zero-order chi connectivity index (χ0) is 14.0. The molecule has 1 fully saturated rings. The molecule has 1 aromatic carbocycles. The van der Waals surface area contributed by atoms with Crippen molar-refractivity contribution in [3.05, 3.63) is 17.7 Å². The van der Waals surface area contributed by atoms with Crippen LogP contribution in [0.4, 0.5) is 0 Å². The molecular weight excluding hydrogens is 268 g/mol. The van der Waals surface area contributed by atoms with E-state index < -0.39 is 0 Å². The molecule has 0 spiro atoms. The number of ether oxygens (including phenoxy) is 4. The van der Waals surface area contributed by atoms with Crippen LogP contribution in [0, 0.1) is 6.92 Å². The van der Waals surface area contributed by atoms with Crippen molar-refractivity contribution in [3.8, 4) is 17.2 Å². The highest BCUT2D eigenvalue weighted by molar-refractivity contribution is 6.21. The molecule has 0 amide bonds. The topological polar surface area (TPSA) is 36.9 Å². The van der Waals surface area contributed by atoms with Gasteiger partial charge in [0, 0.05) is 13.5 Å². The predicted octanol–water partition coefficient (Wildman–Crippen LogP) is 2.79. The fraction of sp³-hybridized carbons (Fsp3) is 0.571. The van der Waals surface area contributed by atoms with Crippen LogP contribution in [-0.2, 0) is 4.74 Å². The van der Waals surface area contributed by atoms with Crippen LogP contribution < -0.4 is 14.2 Å². The van der Waals surface area contributed by atoms with Crippen LogP contribution in [0.25, 0.3) is 0 Å². The molecule has 0 saturated heterocycles. The lowest BCUT2D eigenvalue weighted by molar-refractivity contribution is -0.0598. The lowest BCUT2D eigenvalue weighted by Crippen LogP contribution is -2.52. The molecule has 1 saturated carbocycles. The van der Waals surface area contributed by atoms with E-state index >= 15 is 0 Å². The molecule has 5 heteroatoms. The fourth-order valence-corrected chi connectivity index (χ4v) is 2.66. The minimum absolute atomic E-state index is 0.00237. The Morgan fingerprint density at radius 2 is 1.68 bits per heavy atom. The van der Waals surface area contributed by atoms with E-state index in [1.807, 2.05) is 19.1 Å². The molecule has 4 nitrogen and oxygen atoms in total. The third-order valence-electron chi connectivity index (χ3n) is 3.33. The molecule has 0 aromatic heterocycles. The van der Waals surface area contributed by atoms with Crippen molar-refractivity contribution in [2.24, 2.45) is 0 Å². The normalized spacial score (nSPS) is 25.6. The third kappa shape index (κ3) is 2.74. The fourth-order valence-electron chi connectivity index (χ4n) is 2.22. The SMILES string of the molecule is COc1cc(C)cc(OC)c1OC1CC(Cl)C1OC. The van der Waals surface area contributed by atoms with Crippen LogP contribution in [-0.4, -0.2) is 38.9 Å². The van der Waals surface area contributed by atoms with Crippen molar-refractivity contribution < 1.29 is 18.9 Å². The first-order valence-electron chi connectivity index (χ1n) is 6.16. The van der Waals surface area contributed by atoms with Gasteiger partial charge < -0.3 is 18.9 Å². The minimum Gasteiger partial charge on any atom is -0.493 e. The van der Waals surface area contributed by atoms with Crippen molar-refractivity contribution in [2.45, 2.75) is 30.9 Å². The molecule has 0 N–H and O–H groups in total. The van der Waals surface area contributed by atoms with Crippen LogP contribution in [0.2, 0.25) is 0 Å². The summed E-state index contributed by atoms with van der Waals surface area (Å²) < 4.78 is 22.0. The number of halogens is 1. The summed E-state index contributed by atoms with van der Waals surface area (Å²) >= 11 is 6.08. The lowest BCUT2D eigenvalue weighted by Gasteiger charge is -2.40. The molecular formula is C14H19ClO4. The molecule has 3 atom stereocenters. The lowest BCUT2D eigenvalue weighted by atomic mass is 9.91. The third-order valence-corrected chi connectivity index (χ3v) is 3.75. The van der Waals surface area contributed by atoms with Gasteiger partial charge >= 0.3 is 0 Å². The van der Waals surface area contributed by atoms with Crippen molar-refractivity contribution in [3.63, 3.8) is 0 Å². The quantitative estimate of drug-likeness (QED) is 0.780. The Morgan fingerprint density at radius 3 is 2.11 bits per heavy atom. The van der Waals surface area contributed by atoms with E-state index in [1.165, 1.54) is 0 Å². The number of benzene rings is 1. The molecule has 1 aliphatic carbocycles. The molecule has 2 rings (SSSR count). The summed E-state index contributed by atoms with van der Waals surface area (Å²) in [4.78, 5) is 0. The maximum absolute atomic E-state index is 6.08. The van der Waals surface area contributed by atoms with Crippen molar-refractivity contribution in [2.75, 3.05) is 21.3 Å².